The topological polar surface area (TPSA) is 0 Å². The van der Waals surface area contributed by atoms with Crippen LogP contribution in [0.25, 0.3) is 0 Å². The van der Waals surface area contributed by atoms with Crippen LogP contribution >= 0.6 is 0 Å². The summed E-state index contributed by atoms with van der Waals surface area (Å²) >= 11 is 0. The lowest BCUT2D eigenvalue weighted by Crippen LogP contribution is -1.86. The van der Waals surface area contributed by atoms with Crippen molar-refractivity contribution in [1.82, 2.24) is 0 Å². The summed E-state index contributed by atoms with van der Waals surface area (Å²) < 4.78 is 0. The van der Waals surface area contributed by atoms with E-state index in [9.17, 15) is 0 Å². The number of rotatable bonds is 12. The van der Waals surface area contributed by atoms with E-state index >= 15 is 0 Å². The molecule has 0 heteroatoms. The highest BCUT2D eigenvalue weighted by atomic mass is 14.0. The first-order chi connectivity index (χ1) is 8.77. The monoisotopic (exact) mass is 250 g/mol. The average Bonchev–Trinajstić information content (AvgIpc) is 2.34. The van der Waals surface area contributed by atoms with Gasteiger partial charge in [0.2, 0.25) is 0 Å². The molecule has 0 amide bonds. The van der Waals surface area contributed by atoms with Crippen LogP contribution in [-0.2, 0) is 0 Å². The molecule has 0 aliphatic rings. The largest absolute Gasteiger partial charge is 0.0882 e. The minimum absolute atomic E-state index is 0.883. The maximum atomic E-state index is 2.35. The van der Waals surface area contributed by atoms with Crippen molar-refractivity contribution in [3.63, 3.8) is 0 Å². The molecule has 18 heavy (non-hydrogen) atoms. The molecule has 0 aromatic heterocycles. The van der Waals surface area contributed by atoms with Crippen LogP contribution in [0.15, 0.2) is 24.3 Å². The van der Waals surface area contributed by atoms with Crippen LogP contribution in [0.3, 0.4) is 0 Å². The van der Waals surface area contributed by atoms with E-state index in [1.165, 1.54) is 57.8 Å². The molecule has 0 aromatic rings. The van der Waals surface area contributed by atoms with Crippen molar-refractivity contribution in [1.29, 1.82) is 0 Å². The van der Waals surface area contributed by atoms with Gasteiger partial charge >= 0.3 is 0 Å². The molecule has 106 valence electrons. The fourth-order valence-corrected chi connectivity index (χ4v) is 2.02. The highest BCUT2D eigenvalue weighted by Gasteiger charge is 1.93. The molecule has 0 atom stereocenters. The Balaban J connectivity index is 3.13. The van der Waals surface area contributed by atoms with Crippen molar-refractivity contribution in [3.05, 3.63) is 24.3 Å². The molecule has 0 saturated heterocycles. The van der Waals surface area contributed by atoms with Crippen LogP contribution in [0.4, 0.5) is 0 Å². The van der Waals surface area contributed by atoms with Crippen LogP contribution in [0.5, 0.6) is 0 Å². The summed E-state index contributed by atoms with van der Waals surface area (Å²) in [7, 11) is 0. The number of hydrogen-bond donors (Lipinski definition) is 0. The van der Waals surface area contributed by atoms with Gasteiger partial charge in [-0.3, -0.25) is 0 Å². The normalized spacial score (nSPS) is 12.2. The molecule has 0 heterocycles. The molecule has 0 aliphatic carbocycles. The minimum Gasteiger partial charge on any atom is -0.0882 e. The molecule has 0 nitrogen and oxygen atoms in total. The van der Waals surface area contributed by atoms with Gasteiger partial charge in [-0.05, 0) is 31.6 Å². The van der Waals surface area contributed by atoms with Crippen LogP contribution in [0.2, 0.25) is 0 Å². The predicted molar refractivity (Wildman–Crippen MR) is 85.0 cm³/mol. The van der Waals surface area contributed by atoms with E-state index in [1.807, 2.05) is 0 Å². The zero-order valence-corrected chi connectivity index (χ0v) is 13.0. The number of allylic oxidation sites excluding steroid dienone is 4. The van der Waals surface area contributed by atoms with E-state index in [4.69, 9.17) is 0 Å². The molecule has 0 N–H and O–H groups in total. The lowest BCUT2D eigenvalue weighted by Gasteiger charge is -2.03. The molecule has 0 saturated carbocycles. The van der Waals surface area contributed by atoms with E-state index < -0.39 is 0 Å². The first-order valence-corrected chi connectivity index (χ1v) is 8.07. The van der Waals surface area contributed by atoms with Crippen molar-refractivity contribution in [2.45, 2.75) is 85.0 Å². The van der Waals surface area contributed by atoms with E-state index in [0.717, 1.165) is 12.3 Å². The molecule has 0 aliphatic heterocycles. The van der Waals surface area contributed by atoms with Crippen molar-refractivity contribution in [3.8, 4) is 0 Å². The Kier molecular flexibility index (Phi) is 14.1. The predicted octanol–water partition coefficient (Wildman–Crippen LogP) is 6.68. The van der Waals surface area contributed by atoms with Gasteiger partial charge in [-0.2, -0.15) is 0 Å². The molecule has 0 unspecified atom stereocenters. The molecule has 0 aromatic carbocycles. The fraction of sp³-hybridized carbons (Fsp3) is 0.778. The highest BCUT2D eigenvalue weighted by Crippen LogP contribution is 2.11. The smallest absolute Gasteiger partial charge is 0.0169 e. The highest BCUT2D eigenvalue weighted by molar-refractivity contribution is 4.92. The van der Waals surface area contributed by atoms with E-state index in [-0.39, 0.29) is 0 Å². The Morgan fingerprint density at radius 2 is 1.33 bits per heavy atom. The van der Waals surface area contributed by atoms with Crippen molar-refractivity contribution in [2.75, 3.05) is 0 Å². The maximum Gasteiger partial charge on any atom is -0.0169 e. The van der Waals surface area contributed by atoms with Crippen molar-refractivity contribution in [2.24, 2.45) is 5.92 Å². The minimum atomic E-state index is 0.883. The zero-order chi connectivity index (χ0) is 13.5. The van der Waals surface area contributed by atoms with Gasteiger partial charge < -0.3 is 0 Å². The SMILES string of the molecule is CCC/C=C\C/C=C\CCCCCCCC(C)C. The Morgan fingerprint density at radius 3 is 2.00 bits per heavy atom. The quantitative estimate of drug-likeness (QED) is 0.268. The lowest BCUT2D eigenvalue weighted by atomic mass is 10.0. The van der Waals surface area contributed by atoms with E-state index in [2.05, 4.69) is 45.1 Å². The third-order valence-corrected chi connectivity index (χ3v) is 3.21. The second-order valence-corrected chi connectivity index (χ2v) is 5.71. The average molecular weight is 250 g/mol. The van der Waals surface area contributed by atoms with Gasteiger partial charge in [-0.15, -0.1) is 0 Å². The Morgan fingerprint density at radius 1 is 0.722 bits per heavy atom. The standard InChI is InChI=1S/C18H34/c1-4-5-6-7-8-9-10-11-12-13-14-15-16-17-18(2)3/h6-7,9-10,18H,4-5,8,11-17H2,1-3H3/b7-6-,10-9-. The van der Waals surface area contributed by atoms with Gasteiger partial charge in [0.05, 0.1) is 0 Å². The van der Waals surface area contributed by atoms with Gasteiger partial charge in [0.25, 0.3) is 0 Å². The second-order valence-electron chi connectivity index (χ2n) is 5.71. The Bertz CT molecular complexity index is 198. The molecule has 0 rings (SSSR count). The van der Waals surface area contributed by atoms with Crippen LogP contribution in [-0.4, -0.2) is 0 Å². The van der Waals surface area contributed by atoms with Crippen molar-refractivity contribution < 1.29 is 0 Å². The second kappa shape index (κ2) is 14.5. The maximum absolute atomic E-state index is 2.35. The number of hydrogen-bond acceptors (Lipinski definition) is 0. The first kappa shape index (κ1) is 17.5. The van der Waals surface area contributed by atoms with E-state index in [0.29, 0.717) is 0 Å². The summed E-state index contributed by atoms with van der Waals surface area (Å²) in [6.07, 6.45) is 22.6. The molecule has 0 fully saturated rings. The summed E-state index contributed by atoms with van der Waals surface area (Å²) in [4.78, 5) is 0. The van der Waals surface area contributed by atoms with Gasteiger partial charge in [0.1, 0.15) is 0 Å². The van der Waals surface area contributed by atoms with Gasteiger partial charge in [0, 0.05) is 0 Å². The molecular formula is C18H34. The van der Waals surface area contributed by atoms with Gasteiger partial charge in [-0.1, -0.05) is 83.6 Å². The van der Waals surface area contributed by atoms with Crippen molar-refractivity contribution >= 4 is 0 Å². The van der Waals surface area contributed by atoms with Crippen LogP contribution in [0.1, 0.15) is 85.0 Å². The first-order valence-electron chi connectivity index (χ1n) is 8.07. The number of unbranched alkanes of at least 4 members (excludes halogenated alkanes) is 6. The summed E-state index contributed by atoms with van der Waals surface area (Å²) in [5.74, 6) is 0.883. The molecular weight excluding hydrogens is 216 g/mol. The fourth-order valence-electron chi connectivity index (χ4n) is 2.02. The summed E-state index contributed by atoms with van der Waals surface area (Å²) in [5, 5.41) is 0. The molecule has 0 spiro atoms. The van der Waals surface area contributed by atoms with Gasteiger partial charge in [-0.25, -0.2) is 0 Å². The summed E-state index contributed by atoms with van der Waals surface area (Å²) in [6, 6.07) is 0. The van der Waals surface area contributed by atoms with Crippen LogP contribution in [0, 0.1) is 5.92 Å². The third kappa shape index (κ3) is 15.5. The molecule has 0 radical (unpaired) electrons. The zero-order valence-electron chi connectivity index (χ0n) is 13.0. The summed E-state index contributed by atoms with van der Waals surface area (Å²) in [6.45, 7) is 6.86. The third-order valence-electron chi connectivity index (χ3n) is 3.21. The van der Waals surface area contributed by atoms with Gasteiger partial charge in [0.15, 0.2) is 0 Å². The Hall–Kier alpha value is -0.520. The summed E-state index contributed by atoms with van der Waals surface area (Å²) in [5.41, 5.74) is 0. The lowest BCUT2D eigenvalue weighted by molar-refractivity contribution is 0.516. The van der Waals surface area contributed by atoms with E-state index in [1.54, 1.807) is 0 Å². The Labute approximate surface area is 116 Å². The molecule has 0 bridgehead atoms. The van der Waals surface area contributed by atoms with Crippen LogP contribution < -0.4 is 0 Å².